The van der Waals surface area contributed by atoms with Crippen molar-refractivity contribution in [1.29, 1.82) is 0 Å². The third kappa shape index (κ3) is 16.6. The van der Waals surface area contributed by atoms with Crippen molar-refractivity contribution in [3.05, 3.63) is 6.92 Å². The Morgan fingerprint density at radius 2 is 2.17 bits per heavy atom. The van der Waals surface area contributed by atoms with Crippen LogP contribution >= 0.6 is 0 Å². The molecule has 0 unspecified atom stereocenters. The van der Waals surface area contributed by atoms with Gasteiger partial charge in [0.1, 0.15) is 6.29 Å². The summed E-state index contributed by atoms with van der Waals surface area (Å²) in [6.07, 6.45) is 2.19. The molecule has 0 heterocycles. The van der Waals surface area contributed by atoms with Gasteiger partial charge in [-0.25, -0.2) is 0 Å². The molecule has 0 rings (SSSR count). The van der Waals surface area contributed by atoms with Crippen LogP contribution in [0.4, 0.5) is 0 Å². The molecule has 0 aliphatic heterocycles. The zero-order chi connectivity index (χ0) is 4.12. The number of carbonyl (C=O) groups excluding carboxylic acids is 1. The number of aldehydes is 1. The summed E-state index contributed by atoms with van der Waals surface area (Å²) in [5.74, 6) is 0. The second kappa shape index (κ2) is 9.38. The third-order valence-corrected chi connectivity index (χ3v) is 0.322. The molecule has 32 valence electrons. The Bertz CT molecular complexity index is 28.7. The summed E-state index contributed by atoms with van der Waals surface area (Å²) in [7, 11) is 0. The van der Waals surface area contributed by atoms with Crippen molar-refractivity contribution in [2.75, 3.05) is 0 Å². The Kier molecular flexibility index (Phi) is 13.8. The molecule has 0 aliphatic carbocycles. The molecule has 0 atom stereocenters. The molecule has 0 bridgehead atoms. The van der Waals surface area contributed by atoms with Gasteiger partial charge in [-0.3, -0.25) is 0 Å². The monoisotopic (exact) mass is 338 g/mol. The number of carbonyl (C=O) groups is 1. The van der Waals surface area contributed by atoms with Gasteiger partial charge < -0.3 is 11.7 Å². The maximum absolute atomic E-state index is 9.36. The van der Waals surface area contributed by atoms with Crippen molar-refractivity contribution < 1.29 is 4.79 Å². The van der Waals surface area contributed by atoms with Crippen molar-refractivity contribution in [3.63, 3.8) is 0 Å². The molecule has 0 N–H and O–H groups in total. The largest absolute Gasteiger partial charge is 0.343 e. The van der Waals surface area contributed by atoms with Crippen LogP contribution in [-0.4, -0.2) is 6.29 Å². The Labute approximate surface area is 32.0 Å². The fraction of sp³-hybridized carbons (Fsp3) is 0.500. The van der Waals surface area contributed by atoms with Gasteiger partial charge in [-0.1, -0.05) is 0 Å². The summed E-state index contributed by atoms with van der Waals surface area (Å²) in [6, 6.07) is 0. The van der Waals surface area contributed by atoms with E-state index in [4.69, 9.17) is 0 Å². The van der Waals surface area contributed by atoms with E-state index in [0.717, 1.165) is 12.7 Å². The van der Waals surface area contributed by atoms with Crippen molar-refractivity contribution in [3.8, 4) is 0 Å². The summed E-state index contributed by atoms with van der Waals surface area (Å²) in [4.78, 5) is 9.36. The van der Waals surface area contributed by atoms with Crippen LogP contribution in [0.15, 0.2) is 0 Å². The van der Waals surface area contributed by atoms with E-state index in [1.165, 1.54) is 0 Å². The zero-order valence-corrected chi connectivity index (χ0v) is 10.2. The second-order valence-corrected chi connectivity index (χ2v) is 0.809. The van der Waals surface area contributed by atoms with Crippen LogP contribution in [0.3, 0.4) is 0 Å². The van der Waals surface area contributed by atoms with Crippen LogP contribution in [-0.2, 0) is 4.79 Å². The first-order valence-corrected chi connectivity index (χ1v) is 1.64. The van der Waals surface area contributed by atoms with Crippen LogP contribution in [0.5, 0.6) is 0 Å². The molecule has 1 nitrogen and oxygen atoms in total. The normalized spacial score (nSPS) is 6.17. The van der Waals surface area contributed by atoms with Gasteiger partial charge in [-0.05, 0) is 6.42 Å². The molecule has 0 aromatic rings. The summed E-state index contributed by atoms with van der Waals surface area (Å²) < 4.78 is 0. The quantitative estimate of drug-likeness (QED) is 0.538. The molecule has 6 heavy (non-hydrogen) atoms. The smallest absolute Gasteiger partial charge is 0.117 e. The molecule has 0 saturated heterocycles. The Morgan fingerprint density at radius 1 is 1.67 bits per heavy atom. The standard InChI is InChI=1S/C4H7O.Rf/c1-2-3-4-5;/h4H,1-3H2;/q-1;. The molecule has 0 aromatic carbocycles. The third-order valence-electron chi connectivity index (χ3n) is 0.322. The van der Waals surface area contributed by atoms with Gasteiger partial charge in [0, 0.05) is 0 Å². The predicted molar refractivity (Wildman–Crippen MR) is 20.7 cm³/mol. The van der Waals surface area contributed by atoms with Gasteiger partial charge in [0.2, 0.25) is 0 Å². The fourth-order valence-electron chi connectivity index (χ4n) is 0.0833. The molecule has 0 spiro atoms. The van der Waals surface area contributed by atoms with Crippen LogP contribution in [0.25, 0.3) is 0 Å². The van der Waals surface area contributed by atoms with E-state index in [0.29, 0.717) is 6.42 Å². The maximum atomic E-state index is 9.36. The molecule has 0 amide bonds. The average molecular weight is 338 g/mol. The Morgan fingerprint density at radius 3 is 2.17 bits per heavy atom. The van der Waals surface area contributed by atoms with Crippen LogP contribution < -0.4 is 0 Å². The number of hydrogen-bond acceptors (Lipinski definition) is 1. The average Bonchev–Trinajstić information content (AvgIpc) is 1.41. The minimum atomic E-state index is 0. The van der Waals surface area contributed by atoms with Gasteiger partial charge in [-0.15, -0.1) is 0 Å². The van der Waals surface area contributed by atoms with Crippen LogP contribution in [0.2, 0.25) is 0 Å². The first kappa shape index (κ1) is 8.82. The van der Waals surface area contributed by atoms with E-state index >= 15 is 0 Å². The predicted octanol–water partition coefficient (Wildman–Crippen LogP) is 0.800. The van der Waals surface area contributed by atoms with E-state index in [2.05, 4.69) is 6.92 Å². The summed E-state index contributed by atoms with van der Waals surface area (Å²) in [5.41, 5.74) is 0. The van der Waals surface area contributed by atoms with Gasteiger partial charge in [0.15, 0.2) is 0 Å². The molecule has 0 aliphatic rings. The molecule has 0 fully saturated rings. The van der Waals surface area contributed by atoms with Crippen LogP contribution in [0, 0.1) is 6.92 Å². The van der Waals surface area contributed by atoms with Gasteiger partial charge >= 0.3 is 0 Å². The van der Waals surface area contributed by atoms with Gasteiger partial charge in [0.05, 0.1) is 0 Å². The van der Waals surface area contributed by atoms with Gasteiger partial charge in [0.25, 0.3) is 0 Å². The number of rotatable bonds is 2. The zero-order valence-electron chi connectivity index (χ0n) is 3.81. The van der Waals surface area contributed by atoms with E-state index in [1.54, 1.807) is 0 Å². The van der Waals surface area contributed by atoms with E-state index in [1.807, 2.05) is 0 Å². The SMILES string of the molecule is [CH2-]CCC=O.[Rf]. The fourth-order valence-corrected chi connectivity index (χ4v) is 0.0833. The molecular weight excluding hydrogens is 331 g/mol. The molecule has 0 saturated carbocycles. The Balaban J connectivity index is 0. The Hall–Kier alpha value is -1.33. The van der Waals surface area contributed by atoms with E-state index < -0.39 is 0 Å². The van der Waals surface area contributed by atoms with Crippen molar-refractivity contribution in [2.45, 2.75) is 12.8 Å². The molecule has 0 aromatic heterocycles. The molecule has 2 heteroatoms. The van der Waals surface area contributed by atoms with Gasteiger partial charge in [-0.2, -0.15) is 6.42 Å². The number of hydrogen-bond donors (Lipinski definition) is 0. The van der Waals surface area contributed by atoms with E-state index in [-0.39, 0.29) is 0 Å². The maximum Gasteiger partial charge on any atom is 0.117 e. The first-order valence-electron chi connectivity index (χ1n) is 1.64. The number of unbranched alkanes of at least 4 members (excludes halogenated alkanes) is 1. The summed E-state index contributed by atoms with van der Waals surface area (Å²) in [5, 5.41) is 0. The second-order valence-electron chi connectivity index (χ2n) is 0.809. The van der Waals surface area contributed by atoms with E-state index in [9.17, 15) is 4.79 Å². The minimum Gasteiger partial charge on any atom is -0.343 e. The summed E-state index contributed by atoms with van der Waals surface area (Å²) in [6.45, 7) is 3.44. The van der Waals surface area contributed by atoms with Crippen molar-refractivity contribution >= 4 is 6.29 Å². The first-order chi connectivity index (χ1) is 2.41. The minimum absolute atomic E-state index is 0. The van der Waals surface area contributed by atoms with Crippen LogP contribution in [0.1, 0.15) is 12.8 Å². The topological polar surface area (TPSA) is 17.1 Å². The molecule has 0 radical (unpaired) electrons. The summed E-state index contributed by atoms with van der Waals surface area (Å²) >= 11 is 0. The van der Waals surface area contributed by atoms with Crippen molar-refractivity contribution in [1.82, 2.24) is 0 Å². The van der Waals surface area contributed by atoms with Crippen molar-refractivity contribution in [2.24, 2.45) is 0 Å². The molecular formula is C4H7ORf-.